The van der Waals surface area contributed by atoms with E-state index < -0.39 is 16.8 Å². The number of carbonyl (C=O) groups is 1. The minimum absolute atomic E-state index is 0.0245. The van der Waals surface area contributed by atoms with Crippen LogP contribution in [0, 0.1) is 0 Å². The SMILES string of the molecule is COc1ccc(NC(=O)C(Cc2cccc(Nc3c(OC)c(=O)c3=O)c2)c2ccccc2)cc1. The van der Waals surface area contributed by atoms with Gasteiger partial charge in [0.25, 0.3) is 10.9 Å². The Balaban J connectivity index is 1.56. The molecule has 172 valence electrons. The van der Waals surface area contributed by atoms with E-state index in [4.69, 9.17) is 9.47 Å². The monoisotopic (exact) mass is 456 g/mol. The van der Waals surface area contributed by atoms with Gasteiger partial charge in [-0.15, -0.1) is 0 Å². The first kappa shape index (κ1) is 22.8. The van der Waals surface area contributed by atoms with Crippen molar-refractivity contribution in [3.8, 4) is 11.5 Å². The molecule has 4 rings (SSSR count). The van der Waals surface area contributed by atoms with Gasteiger partial charge in [0.05, 0.1) is 20.1 Å². The molecule has 0 aromatic heterocycles. The maximum absolute atomic E-state index is 13.3. The topological polar surface area (TPSA) is 93.7 Å². The van der Waals surface area contributed by atoms with Crippen molar-refractivity contribution < 1.29 is 14.3 Å². The van der Waals surface area contributed by atoms with Crippen LogP contribution in [0.15, 0.2) is 88.5 Å². The third-order valence-electron chi connectivity index (χ3n) is 5.58. The molecular weight excluding hydrogens is 432 g/mol. The maximum atomic E-state index is 13.3. The summed E-state index contributed by atoms with van der Waals surface area (Å²) in [7, 11) is 2.94. The highest BCUT2D eigenvalue weighted by atomic mass is 16.5. The van der Waals surface area contributed by atoms with Crippen molar-refractivity contribution in [1.82, 2.24) is 0 Å². The van der Waals surface area contributed by atoms with Crippen LogP contribution in [0.3, 0.4) is 0 Å². The van der Waals surface area contributed by atoms with Crippen molar-refractivity contribution in [1.29, 1.82) is 0 Å². The van der Waals surface area contributed by atoms with Gasteiger partial charge in [0.15, 0.2) is 5.75 Å². The number of carbonyl (C=O) groups excluding carboxylic acids is 1. The predicted molar refractivity (Wildman–Crippen MR) is 132 cm³/mol. The Morgan fingerprint density at radius 2 is 1.56 bits per heavy atom. The minimum Gasteiger partial charge on any atom is -0.497 e. The lowest BCUT2D eigenvalue weighted by molar-refractivity contribution is -0.117. The second kappa shape index (κ2) is 10.0. The lowest BCUT2D eigenvalue weighted by atomic mass is 9.91. The van der Waals surface area contributed by atoms with Crippen molar-refractivity contribution in [2.75, 3.05) is 24.9 Å². The normalized spacial score (nSPS) is 11.6. The number of hydrogen-bond donors (Lipinski definition) is 2. The van der Waals surface area contributed by atoms with Crippen molar-refractivity contribution >= 4 is 23.0 Å². The number of anilines is 3. The van der Waals surface area contributed by atoms with Crippen molar-refractivity contribution in [2.24, 2.45) is 0 Å². The summed E-state index contributed by atoms with van der Waals surface area (Å²) in [5.41, 5.74) is 1.97. The first-order valence-corrected chi connectivity index (χ1v) is 10.7. The van der Waals surface area contributed by atoms with Crippen LogP contribution in [-0.2, 0) is 11.2 Å². The smallest absolute Gasteiger partial charge is 0.272 e. The van der Waals surface area contributed by atoms with E-state index in [1.54, 1.807) is 37.4 Å². The standard InChI is InChI=1S/C27H24N2O5/c1-33-21-13-11-19(12-14-21)29-27(32)22(18-8-4-3-5-9-18)16-17-7-6-10-20(15-17)28-23-24(30)25(31)26(23)34-2/h3-15,22,28H,16H2,1-2H3,(H,29,32). The van der Waals surface area contributed by atoms with E-state index in [0.29, 0.717) is 23.5 Å². The molecule has 1 atom stereocenters. The molecule has 0 aliphatic carbocycles. The van der Waals surface area contributed by atoms with Crippen LogP contribution in [0.1, 0.15) is 17.0 Å². The zero-order valence-electron chi connectivity index (χ0n) is 18.8. The molecule has 7 heteroatoms. The van der Waals surface area contributed by atoms with E-state index in [-0.39, 0.29) is 17.3 Å². The summed E-state index contributed by atoms with van der Waals surface area (Å²) in [6, 6.07) is 24.1. The summed E-state index contributed by atoms with van der Waals surface area (Å²) >= 11 is 0. The Bertz CT molecular complexity index is 1360. The highest BCUT2D eigenvalue weighted by molar-refractivity contribution is 5.96. The van der Waals surface area contributed by atoms with E-state index in [9.17, 15) is 14.4 Å². The quantitative estimate of drug-likeness (QED) is 0.370. The van der Waals surface area contributed by atoms with E-state index in [1.807, 2.05) is 48.5 Å². The fourth-order valence-corrected chi connectivity index (χ4v) is 3.79. The third kappa shape index (κ3) is 4.83. The van der Waals surface area contributed by atoms with Crippen molar-refractivity contribution in [3.05, 3.63) is 110 Å². The van der Waals surface area contributed by atoms with Gasteiger partial charge in [-0.25, -0.2) is 0 Å². The van der Waals surface area contributed by atoms with Gasteiger partial charge in [-0.2, -0.15) is 0 Å². The zero-order valence-corrected chi connectivity index (χ0v) is 18.8. The molecule has 0 bridgehead atoms. The largest absolute Gasteiger partial charge is 0.497 e. The van der Waals surface area contributed by atoms with Gasteiger partial charge >= 0.3 is 0 Å². The molecule has 0 aliphatic rings. The number of benzene rings is 3. The molecule has 1 amide bonds. The first-order valence-electron chi connectivity index (χ1n) is 10.7. The average Bonchev–Trinajstić information content (AvgIpc) is 2.88. The second-order valence-corrected chi connectivity index (χ2v) is 7.78. The van der Waals surface area contributed by atoms with Crippen LogP contribution in [0.5, 0.6) is 11.5 Å². The first-order chi connectivity index (χ1) is 16.5. The molecule has 0 saturated carbocycles. The molecule has 2 N–H and O–H groups in total. The Morgan fingerprint density at radius 1 is 0.824 bits per heavy atom. The van der Waals surface area contributed by atoms with E-state index in [1.165, 1.54) is 7.11 Å². The lowest BCUT2D eigenvalue weighted by Crippen LogP contribution is -2.34. The Labute approximate surface area is 196 Å². The zero-order chi connectivity index (χ0) is 24.1. The molecule has 4 aromatic rings. The number of methoxy groups -OCH3 is 2. The summed E-state index contributed by atoms with van der Waals surface area (Å²) in [4.78, 5) is 36.8. The molecule has 34 heavy (non-hydrogen) atoms. The molecule has 0 spiro atoms. The number of nitrogens with one attached hydrogen (secondary N) is 2. The summed E-state index contributed by atoms with van der Waals surface area (Å²) in [6.45, 7) is 0. The van der Waals surface area contributed by atoms with Crippen LogP contribution in [0.4, 0.5) is 17.1 Å². The lowest BCUT2D eigenvalue weighted by Gasteiger charge is -2.19. The average molecular weight is 456 g/mol. The summed E-state index contributed by atoms with van der Waals surface area (Å²) < 4.78 is 10.2. The Morgan fingerprint density at radius 3 is 2.24 bits per heavy atom. The molecular formula is C27H24N2O5. The van der Waals surface area contributed by atoms with Crippen LogP contribution < -0.4 is 31.0 Å². The van der Waals surface area contributed by atoms with Crippen LogP contribution >= 0.6 is 0 Å². The Kier molecular flexibility index (Phi) is 6.73. The fraction of sp³-hybridized carbons (Fsp3) is 0.148. The number of amides is 1. The van der Waals surface area contributed by atoms with Gasteiger partial charge in [-0.1, -0.05) is 42.5 Å². The van der Waals surface area contributed by atoms with Gasteiger partial charge in [-0.05, 0) is 53.9 Å². The van der Waals surface area contributed by atoms with E-state index in [2.05, 4.69) is 10.6 Å². The van der Waals surface area contributed by atoms with Gasteiger partial charge in [0.2, 0.25) is 5.91 Å². The van der Waals surface area contributed by atoms with Crippen LogP contribution in [-0.4, -0.2) is 20.1 Å². The second-order valence-electron chi connectivity index (χ2n) is 7.78. The summed E-state index contributed by atoms with van der Waals surface area (Å²) in [5, 5.41) is 5.95. The van der Waals surface area contributed by atoms with Crippen molar-refractivity contribution in [3.63, 3.8) is 0 Å². The van der Waals surface area contributed by atoms with Crippen LogP contribution in [0.2, 0.25) is 0 Å². The highest BCUT2D eigenvalue weighted by Crippen LogP contribution is 2.27. The molecule has 0 heterocycles. The molecule has 0 radical (unpaired) electrons. The predicted octanol–water partition coefficient (Wildman–Crippen LogP) is 4.01. The van der Waals surface area contributed by atoms with E-state index >= 15 is 0 Å². The molecule has 4 aromatic carbocycles. The van der Waals surface area contributed by atoms with Crippen LogP contribution in [0.25, 0.3) is 0 Å². The molecule has 0 aliphatic heterocycles. The van der Waals surface area contributed by atoms with Gasteiger partial charge < -0.3 is 20.1 Å². The van der Waals surface area contributed by atoms with Gasteiger partial charge in [-0.3, -0.25) is 14.4 Å². The number of rotatable bonds is 9. The number of hydrogen-bond acceptors (Lipinski definition) is 6. The minimum atomic E-state index is -0.638. The maximum Gasteiger partial charge on any atom is 0.272 e. The number of ether oxygens (including phenoxy) is 2. The third-order valence-corrected chi connectivity index (χ3v) is 5.58. The molecule has 0 saturated heterocycles. The molecule has 7 nitrogen and oxygen atoms in total. The molecule has 1 unspecified atom stereocenters. The Hall–Kier alpha value is -4.39. The molecule has 0 fully saturated rings. The summed E-state index contributed by atoms with van der Waals surface area (Å²) in [6.07, 6.45) is 0.435. The van der Waals surface area contributed by atoms with Crippen molar-refractivity contribution in [2.45, 2.75) is 12.3 Å². The van der Waals surface area contributed by atoms with Gasteiger partial charge in [0.1, 0.15) is 11.4 Å². The summed E-state index contributed by atoms with van der Waals surface area (Å²) in [5.74, 6) is 0.148. The fourth-order valence-electron chi connectivity index (χ4n) is 3.79. The van der Waals surface area contributed by atoms with E-state index in [0.717, 1.165) is 11.1 Å². The van der Waals surface area contributed by atoms with Gasteiger partial charge in [0, 0.05) is 11.4 Å². The highest BCUT2D eigenvalue weighted by Gasteiger charge is 2.23.